The molecule has 2 unspecified atom stereocenters. The molecule has 1 aromatic rings. The van der Waals surface area contributed by atoms with E-state index in [0.717, 1.165) is 6.08 Å². The van der Waals surface area contributed by atoms with Crippen LogP contribution in [0.2, 0.25) is 0 Å². The number of phenols is 2. The van der Waals surface area contributed by atoms with Crippen LogP contribution in [0.1, 0.15) is 18.4 Å². The number of aliphatic carboxylic acids is 1. The number of carboxylic acid groups (broad SMARTS) is 1. The number of phenolic OH excluding ortho intramolecular Hbond substituents is 2. The van der Waals surface area contributed by atoms with Crippen LogP contribution in [0.4, 0.5) is 0 Å². The minimum absolute atomic E-state index is 0.327. The Labute approximate surface area is 142 Å². The minimum Gasteiger partial charge on any atom is -0.504 e. The van der Waals surface area contributed by atoms with Crippen molar-refractivity contribution >= 4 is 18.0 Å². The molecule has 0 spiro atoms. The highest BCUT2D eigenvalue weighted by Gasteiger charge is 2.50. The van der Waals surface area contributed by atoms with Crippen LogP contribution >= 0.6 is 0 Å². The van der Waals surface area contributed by atoms with Gasteiger partial charge >= 0.3 is 11.9 Å². The standard InChI is InChI=1S/C16H18O9/c17-9-3-1-8(5-10(9)18)2-4-13(20)25-12-7-16(24,15(22)23)6-11(19)14(12)21/h1-5,11-12,14,17-19,21,24H,6-7H2,(H,22,23)/b4-2+/t11-,12?,14?,16+/m0/s1. The Bertz CT molecular complexity index is 699. The maximum Gasteiger partial charge on any atom is 0.335 e. The maximum absolute atomic E-state index is 11.8. The van der Waals surface area contributed by atoms with Crippen molar-refractivity contribution in [1.82, 2.24) is 0 Å². The molecule has 0 radical (unpaired) electrons. The van der Waals surface area contributed by atoms with Gasteiger partial charge in [-0.15, -0.1) is 0 Å². The largest absolute Gasteiger partial charge is 0.504 e. The summed E-state index contributed by atoms with van der Waals surface area (Å²) in [6, 6.07) is 3.83. The third-order valence-electron chi connectivity index (χ3n) is 3.94. The predicted octanol–water partition coefficient (Wildman–Crippen LogP) is -0.646. The van der Waals surface area contributed by atoms with Gasteiger partial charge in [-0.05, 0) is 23.8 Å². The molecule has 4 atom stereocenters. The van der Waals surface area contributed by atoms with Gasteiger partial charge in [-0.1, -0.05) is 6.07 Å². The van der Waals surface area contributed by atoms with E-state index in [1.807, 2.05) is 0 Å². The molecular formula is C16H18O9. The highest BCUT2D eigenvalue weighted by Crippen LogP contribution is 2.31. The summed E-state index contributed by atoms with van der Waals surface area (Å²) in [6.07, 6.45) is -3.44. The lowest BCUT2D eigenvalue weighted by Gasteiger charge is -2.39. The molecule has 1 fully saturated rings. The van der Waals surface area contributed by atoms with E-state index >= 15 is 0 Å². The van der Waals surface area contributed by atoms with Gasteiger partial charge in [-0.25, -0.2) is 9.59 Å². The number of ether oxygens (including phenoxy) is 1. The van der Waals surface area contributed by atoms with Gasteiger partial charge in [0.25, 0.3) is 0 Å². The molecule has 2 rings (SSSR count). The van der Waals surface area contributed by atoms with E-state index in [9.17, 15) is 35.1 Å². The Balaban J connectivity index is 2.06. The Hall–Kier alpha value is -2.62. The number of rotatable bonds is 4. The lowest BCUT2D eigenvalue weighted by atomic mass is 9.79. The van der Waals surface area contributed by atoms with Crippen LogP contribution in [0.5, 0.6) is 11.5 Å². The number of esters is 1. The maximum atomic E-state index is 11.8. The van der Waals surface area contributed by atoms with Crippen LogP contribution in [-0.4, -0.2) is 66.5 Å². The molecule has 0 saturated heterocycles. The number of aliphatic hydroxyl groups excluding tert-OH is 2. The summed E-state index contributed by atoms with van der Waals surface area (Å²) in [5, 5.41) is 57.0. The first-order valence-corrected chi connectivity index (χ1v) is 7.35. The first kappa shape index (κ1) is 18.7. The molecule has 6 N–H and O–H groups in total. The Morgan fingerprint density at radius 3 is 2.44 bits per heavy atom. The second-order valence-electron chi connectivity index (χ2n) is 5.86. The van der Waals surface area contributed by atoms with Crippen LogP contribution in [0, 0.1) is 0 Å². The van der Waals surface area contributed by atoms with E-state index in [2.05, 4.69) is 0 Å². The van der Waals surface area contributed by atoms with Crippen LogP contribution in [-0.2, 0) is 14.3 Å². The average molecular weight is 354 g/mol. The summed E-state index contributed by atoms with van der Waals surface area (Å²) in [5.74, 6) is -3.24. The van der Waals surface area contributed by atoms with Gasteiger partial charge in [0.15, 0.2) is 17.1 Å². The molecule has 9 heteroatoms. The van der Waals surface area contributed by atoms with E-state index in [1.165, 1.54) is 24.3 Å². The van der Waals surface area contributed by atoms with Crippen molar-refractivity contribution in [2.45, 2.75) is 36.8 Å². The minimum atomic E-state index is -2.31. The first-order valence-electron chi connectivity index (χ1n) is 7.35. The summed E-state index contributed by atoms with van der Waals surface area (Å²) < 4.78 is 4.92. The predicted molar refractivity (Wildman–Crippen MR) is 82.5 cm³/mol. The summed E-state index contributed by atoms with van der Waals surface area (Å²) in [7, 11) is 0. The topological polar surface area (TPSA) is 165 Å². The number of hydrogen-bond donors (Lipinski definition) is 6. The van der Waals surface area contributed by atoms with Crippen LogP contribution in [0.3, 0.4) is 0 Å². The zero-order valence-electron chi connectivity index (χ0n) is 12.9. The molecule has 0 aromatic heterocycles. The van der Waals surface area contributed by atoms with Gasteiger partial charge in [-0.2, -0.15) is 0 Å². The number of benzene rings is 1. The van der Waals surface area contributed by atoms with Crippen molar-refractivity contribution < 1.29 is 45.0 Å². The van der Waals surface area contributed by atoms with Gasteiger partial charge in [0.2, 0.25) is 0 Å². The van der Waals surface area contributed by atoms with Crippen molar-refractivity contribution in [1.29, 1.82) is 0 Å². The fourth-order valence-electron chi connectivity index (χ4n) is 2.53. The molecule has 0 aliphatic heterocycles. The molecule has 1 aliphatic rings. The van der Waals surface area contributed by atoms with Gasteiger partial charge in [0.05, 0.1) is 6.10 Å². The summed E-state index contributed by atoms with van der Waals surface area (Å²) in [4.78, 5) is 22.9. The third kappa shape index (κ3) is 4.27. The molecule has 25 heavy (non-hydrogen) atoms. The monoisotopic (exact) mass is 354 g/mol. The summed E-state index contributed by atoms with van der Waals surface area (Å²) >= 11 is 0. The van der Waals surface area contributed by atoms with Crippen LogP contribution in [0.25, 0.3) is 6.08 Å². The van der Waals surface area contributed by atoms with E-state index in [-0.39, 0.29) is 11.5 Å². The fourth-order valence-corrected chi connectivity index (χ4v) is 2.53. The second kappa shape index (κ2) is 7.09. The second-order valence-corrected chi connectivity index (χ2v) is 5.86. The Kier molecular flexibility index (Phi) is 5.31. The van der Waals surface area contributed by atoms with Gasteiger partial charge in [0, 0.05) is 18.9 Å². The highest BCUT2D eigenvalue weighted by molar-refractivity contribution is 5.87. The van der Waals surface area contributed by atoms with Gasteiger partial charge in [-0.3, -0.25) is 0 Å². The quantitative estimate of drug-likeness (QED) is 0.234. The van der Waals surface area contributed by atoms with Gasteiger partial charge < -0.3 is 35.4 Å². The molecule has 0 heterocycles. The molecule has 9 nitrogen and oxygen atoms in total. The molecule has 1 saturated carbocycles. The number of carboxylic acids is 1. The van der Waals surface area contributed by atoms with Crippen LogP contribution < -0.4 is 0 Å². The third-order valence-corrected chi connectivity index (χ3v) is 3.94. The van der Waals surface area contributed by atoms with Crippen molar-refractivity contribution in [2.24, 2.45) is 0 Å². The number of aliphatic hydroxyl groups is 3. The van der Waals surface area contributed by atoms with E-state index < -0.39 is 48.7 Å². The number of carbonyl (C=O) groups is 2. The lowest BCUT2D eigenvalue weighted by molar-refractivity contribution is -0.196. The molecule has 0 bridgehead atoms. The number of carbonyl (C=O) groups excluding carboxylic acids is 1. The molecule has 1 aliphatic carbocycles. The van der Waals surface area contributed by atoms with E-state index in [4.69, 9.17) is 9.84 Å². The van der Waals surface area contributed by atoms with Crippen molar-refractivity contribution in [2.75, 3.05) is 0 Å². The molecule has 136 valence electrons. The number of aromatic hydroxyl groups is 2. The molecule has 0 amide bonds. The fraction of sp³-hybridized carbons (Fsp3) is 0.375. The smallest absolute Gasteiger partial charge is 0.335 e. The van der Waals surface area contributed by atoms with Crippen LogP contribution in [0.15, 0.2) is 24.3 Å². The normalized spacial score (nSPS) is 29.5. The highest BCUT2D eigenvalue weighted by atomic mass is 16.6. The van der Waals surface area contributed by atoms with Crippen molar-refractivity contribution in [3.8, 4) is 11.5 Å². The van der Waals surface area contributed by atoms with E-state index in [0.29, 0.717) is 5.56 Å². The van der Waals surface area contributed by atoms with E-state index in [1.54, 1.807) is 0 Å². The van der Waals surface area contributed by atoms with Gasteiger partial charge in [0.1, 0.15) is 12.2 Å². The Morgan fingerprint density at radius 1 is 1.16 bits per heavy atom. The first-order chi connectivity index (χ1) is 11.6. The lowest BCUT2D eigenvalue weighted by Crippen LogP contribution is -2.57. The summed E-state index contributed by atoms with van der Waals surface area (Å²) in [6.45, 7) is 0. The Morgan fingerprint density at radius 2 is 1.84 bits per heavy atom. The molecular weight excluding hydrogens is 336 g/mol. The zero-order chi connectivity index (χ0) is 18.8. The SMILES string of the molecule is O=C(/C=C/c1ccc(O)c(O)c1)OC1C[C@@](O)(C(=O)O)C[C@H](O)C1O. The zero-order valence-corrected chi connectivity index (χ0v) is 12.9. The molecule has 1 aromatic carbocycles. The average Bonchev–Trinajstić information content (AvgIpc) is 2.53. The summed E-state index contributed by atoms with van der Waals surface area (Å²) in [5.41, 5.74) is -1.94. The van der Waals surface area contributed by atoms with Crippen molar-refractivity contribution in [3.05, 3.63) is 29.8 Å². The van der Waals surface area contributed by atoms with Crippen molar-refractivity contribution in [3.63, 3.8) is 0 Å². The number of hydrogen-bond acceptors (Lipinski definition) is 8.